The van der Waals surface area contributed by atoms with Crippen molar-refractivity contribution < 1.29 is 24.9 Å². The van der Waals surface area contributed by atoms with Crippen LogP contribution < -0.4 is 5.32 Å². The lowest BCUT2D eigenvalue weighted by atomic mass is 9.78. The highest BCUT2D eigenvalue weighted by Gasteiger charge is 2.36. The molecule has 0 aromatic carbocycles. The zero-order valence-electron chi connectivity index (χ0n) is 11.5. The molecule has 0 amide bonds. The van der Waals surface area contributed by atoms with E-state index in [0.29, 0.717) is 38.8 Å². The SMILES string of the molecule is CCOC(=O)C1CCC(O)(CNC(CO)CO)CC1. The number of nitrogens with one attached hydrogen (secondary N) is 1. The molecule has 0 aromatic heterocycles. The first-order valence-electron chi connectivity index (χ1n) is 6.88. The summed E-state index contributed by atoms with van der Waals surface area (Å²) >= 11 is 0. The van der Waals surface area contributed by atoms with Gasteiger partial charge in [0.1, 0.15) is 0 Å². The molecule has 112 valence electrons. The number of carbonyl (C=O) groups is 1. The van der Waals surface area contributed by atoms with Gasteiger partial charge in [0.25, 0.3) is 0 Å². The lowest BCUT2D eigenvalue weighted by molar-refractivity contribution is -0.151. The Morgan fingerprint density at radius 2 is 1.95 bits per heavy atom. The summed E-state index contributed by atoms with van der Waals surface area (Å²) in [5.41, 5.74) is -0.869. The van der Waals surface area contributed by atoms with Crippen LogP contribution in [-0.2, 0) is 9.53 Å². The van der Waals surface area contributed by atoms with Crippen LogP contribution in [0.15, 0.2) is 0 Å². The Kier molecular flexibility index (Phi) is 6.71. The normalized spacial score (nSPS) is 27.5. The molecule has 0 saturated heterocycles. The molecule has 1 rings (SSSR count). The summed E-state index contributed by atoms with van der Waals surface area (Å²) in [4.78, 5) is 11.6. The number of carbonyl (C=O) groups excluding carboxylic acids is 1. The topological polar surface area (TPSA) is 99.0 Å². The van der Waals surface area contributed by atoms with Gasteiger partial charge < -0.3 is 25.4 Å². The summed E-state index contributed by atoms with van der Waals surface area (Å²) in [6.45, 7) is 2.14. The second-order valence-electron chi connectivity index (χ2n) is 5.19. The maximum Gasteiger partial charge on any atom is 0.308 e. The molecule has 0 aromatic rings. The molecule has 0 unspecified atom stereocenters. The second-order valence-corrected chi connectivity index (χ2v) is 5.19. The van der Waals surface area contributed by atoms with E-state index in [4.69, 9.17) is 14.9 Å². The molecule has 19 heavy (non-hydrogen) atoms. The molecule has 6 heteroatoms. The van der Waals surface area contributed by atoms with E-state index < -0.39 is 11.6 Å². The van der Waals surface area contributed by atoms with Crippen molar-refractivity contribution in [1.82, 2.24) is 5.32 Å². The predicted octanol–water partition coefficient (Wildman–Crippen LogP) is -0.586. The van der Waals surface area contributed by atoms with E-state index in [0.717, 1.165) is 0 Å². The van der Waals surface area contributed by atoms with E-state index in [-0.39, 0.29) is 25.1 Å². The summed E-state index contributed by atoms with van der Waals surface area (Å²) in [6, 6.07) is -0.410. The summed E-state index contributed by atoms with van der Waals surface area (Å²) in [5, 5.41) is 31.2. The van der Waals surface area contributed by atoms with E-state index >= 15 is 0 Å². The fourth-order valence-corrected chi connectivity index (χ4v) is 2.35. The van der Waals surface area contributed by atoms with Crippen molar-refractivity contribution in [3.8, 4) is 0 Å². The maximum absolute atomic E-state index is 11.6. The van der Waals surface area contributed by atoms with Gasteiger partial charge in [0.2, 0.25) is 0 Å². The van der Waals surface area contributed by atoms with Crippen LogP contribution >= 0.6 is 0 Å². The van der Waals surface area contributed by atoms with Crippen molar-refractivity contribution in [3.63, 3.8) is 0 Å². The number of ether oxygens (including phenoxy) is 1. The van der Waals surface area contributed by atoms with Gasteiger partial charge in [0.05, 0.1) is 37.4 Å². The zero-order chi connectivity index (χ0) is 14.3. The number of esters is 1. The molecule has 4 N–H and O–H groups in total. The molecule has 1 aliphatic rings. The van der Waals surface area contributed by atoms with Crippen LogP contribution in [0.1, 0.15) is 32.6 Å². The first-order chi connectivity index (χ1) is 9.04. The lowest BCUT2D eigenvalue weighted by Gasteiger charge is -2.36. The van der Waals surface area contributed by atoms with Gasteiger partial charge in [-0.05, 0) is 32.6 Å². The van der Waals surface area contributed by atoms with E-state index in [9.17, 15) is 9.90 Å². The molecule has 0 bridgehead atoms. The van der Waals surface area contributed by atoms with Crippen molar-refractivity contribution in [3.05, 3.63) is 0 Å². The minimum absolute atomic E-state index is 0.119. The van der Waals surface area contributed by atoms with Gasteiger partial charge in [0, 0.05) is 6.54 Å². The number of rotatable bonds is 7. The predicted molar refractivity (Wildman–Crippen MR) is 69.5 cm³/mol. The van der Waals surface area contributed by atoms with Gasteiger partial charge in [-0.2, -0.15) is 0 Å². The van der Waals surface area contributed by atoms with Crippen LogP contribution in [-0.4, -0.2) is 59.3 Å². The van der Waals surface area contributed by atoms with Crippen molar-refractivity contribution in [1.29, 1.82) is 0 Å². The lowest BCUT2D eigenvalue weighted by Crippen LogP contribution is -2.49. The van der Waals surface area contributed by atoms with Crippen LogP contribution in [0.2, 0.25) is 0 Å². The van der Waals surface area contributed by atoms with Gasteiger partial charge in [-0.15, -0.1) is 0 Å². The van der Waals surface area contributed by atoms with Crippen LogP contribution in [0.25, 0.3) is 0 Å². The highest BCUT2D eigenvalue weighted by Crippen LogP contribution is 2.32. The molecule has 1 fully saturated rings. The average Bonchev–Trinajstić information content (AvgIpc) is 2.41. The second kappa shape index (κ2) is 7.79. The third kappa shape index (κ3) is 5.06. The van der Waals surface area contributed by atoms with Gasteiger partial charge in [0.15, 0.2) is 0 Å². The smallest absolute Gasteiger partial charge is 0.308 e. The Morgan fingerprint density at radius 3 is 2.42 bits per heavy atom. The van der Waals surface area contributed by atoms with Crippen molar-refractivity contribution in [2.45, 2.75) is 44.2 Å². The van der Waals surface area contributed by atoms with E-state index in [2.05, 4.69) is 5.32 Å². The van der Waals surface area contributed by atoms with Gasteiger partial charge in [-0.3, -0.25) is 4.79 Å². The summed E-state index contributed by atoms with van der Waals surface area (Å²) in [6.07, 6.45) is 2.26. The van der Waals surface area contributed by atoms with Crippen LogP contribution in [0.4, 0.5) is 0 Å². The monoisotopic (exact) mass is 275 g/mol. The molecule has 1 aliphatic carbocycles. The average molecular weight is 275 g/mol. The molecule has 0 atom stereocenters. The fraction of sp³-hybridized carbons (Fsp3) is 0.923. The molecule has 0 heterocycles. The highest BCUT2D eigenvalue weighted by molar-refractivity contribution is 5.72. The molecule has 0 spiro atoms. The molecule has 0 aliphatic heterocycles. The third-order valence-corrected chi connectivity index (χ3v) is 3.70. The van der Waals surface area contributed by atoms with Gasteiger partial charge in [-0.25, -0.2) is 0 Å². The standard InChI is InChI=1S/C13H25NO5/c1-2-19-12(17)10-3-5-13(18,6-4-10)9-14-11(7-15)8-16/h10-11,14-16,18H,2-9H2,1H3. The summed E-state index contributed by atoms with van der Waals surface area (Å²) in [5.74, 6) is -0.298. The Labute approximate surface area is 113 Å². The number of hydrogen-bond donors (Lipinski definition) is 4. The Balaban J connectivity index is 2.36. The first kappa shape index (κ1) is 16.4. The molecule has 1 saturated carbocycles. The Morgan fingerprint density at radius 1 is 1.37 bits per heavy atom. The van der Waals surface area contributed by atoms with Crippen molar-refractivity contribution in [2.24, 2.45) is 5.92 Å². The number of hydrogen-bond acceptors (Lipinski definition) is 6. The zero-order valence-corrected chi connectivity index (χ0v) is 11.5. The quantitative estimate of drug-likeness (QED) is 0.464. The van der Waals surface area contributed by atoms with Gasteiger partial charge >= 0.3 is 5.97 Å². The molecule has 6 nitrogen and oxygen atoms in total. The Bertz CT molecular complexity index is 272. The molecular formula is C13H25NO5. The minimum atomic E-state index is -0.869. The number of aliphatic hydroxyl groups is 3. The van der Waals surface area contributed by atoms with E-state index in [1.165, 1.54) is 0 Å². The molecular weight excluding hydrogens is 250 g/mol. The molecule has 0 radical (unpaired) electrons. The highest BCUT2D eigenvalue weighted by atomic mass is 16.5. The summed E-state index contributed by atoms with van der Waals surface area (Å²) in [7, 11) is 0. The van der Waals surface area contributed by atoms with Gasteiger partial charge in [-0.1, -0.05) is 0 Å². The maximum atomic E-state index is 11.6. The van der Waals surface area contributed by atoms with Crippen molar-refractivity contribution >= 4 is 5.97 Å². The van der Waals surface area contributed by atoms with Crippen LogP contribution in [0.5, 0.6) is 0 Å². The minimum Gasteiger partial charge on any atom is -0.466 e. The number of aliphatic hydroxyl groups excluding tert-OH is 2. The van der Waals surface area contributed by atoms with E-state index in [1.54, 1.807) is 6.92 Å². The Hall–Kier alpha value is -0.690. The summed E-state index contributed by atoms with van der Waals surface area (Å²) < 4.78 is 4.98. The van der Waals surface area contributed by atoms with Crippen LogP contribution in [0, 0.1) is 5.92 Å². The fourth-order valence-electron chi connectivity index (χ4n) is 2.35. The first-order valence-corrected chi connectivity index (χ1v) is 6.88. The largest absolute Gasteiger partial charge is 0.466 e. The third-order valence-electron chi connectivity index (χ3n) is 3.70. The van der Waals surface area contributed by atoms with Crippen molar-refractivity contribution in [2.75, 3.05) is 26.4 Å². The van der Waals surface area contributed by atoms with E-state index in [1.807, 2.05) is 0 Å². The van der Waals surface area contributed by atoms with Crippen LogP contribution in [0.3, 0.4) is 0 Å².